The first-order valence-corrected chi connectivity index (χ1v) is 10.2. The summed E-state index contributed by atoms with van der Waals surface area (Å²) in [6.07, 6.45) is 7.59. The van der Waals surface area contributed by atoms with Crippen molar-refractivity contribution in [3.05, 3.63) is 74.6 Å². The zero-order chi connectivity index (χ0) is 20.0. The van der Waals surface area contributed by atoms with E-state index in [9.17, 15) is 9.59 Å². The van der Waals surface area contributed by atoms with Crippen molar-refractivity contribution in [3.63, 3.8) is 0 Å². The van der Waals surface area contributed by atoms with Gasteiger partial charge in [0.25, 0.3) is 0 Å². The molecular weight excluding hydrogens is 350 g/mol. The summed E-state index contributed by atoms with van der Waals surface area (Å²) >= 11 is 0. The lowest BCUT2D eigenvalue weighted by molar-refractivity contribution is 0.121. The molecule has 1 aromatic heterocycles. The molecule has 0 amide bonds. The minimum absolute atomic E-state index is 0.0222. The predicted octanol–water partition coefficient (Wildman–Crippen LogP) is 4.25. The number of fused-ring (bicyclic) bond motifs is 1. The van der Waals surface area contributed by atoms with Crippen molar-refractivity contribution in [2.45, 2.75) is 59.0 Å². The highest BCUT2D eigenvalue weighted by Gasteiger charge is 2.44. The molecule has 5 nitrogen and oxygen atoms in total. The van der Waals surface area contributed by atoms with Gasteiger partial charge in [-0.2, -0.15) is 0 Å². The minimum Gasteiger partial charge on any atom is -0.245 e. The van der Waals surface area contributed by atoms with E-state index in [-0.39, 0.29) is 23.5 Å². The maximum Gasteiger partial charge on any atom is 0.352 e. The molecule has 0 fully saturated rings. The Balaban J connectivity index is 1.75. The van der Waals surface area contributed by atoms with E-state index in [2.05, 4.69) is 39.8 Å². The number of para-hydroxylation sites is 1. The molecule has 0 saturated carbocycles. The number of hydrogen-bond donors (Lipinski definition) is 0. The lowest BCUT2D eigenvalue weighted by Crippen LogP contribution is -2.46. The van der Waals surface area contributed by atoms with Gasteiger partial charge in [0, 0.05) is 0 Å². The van der Waals surface area contributed by atoms with Crippen LogP contribution in [0.15, 0.2) is 63.2 Å². The maximum atomic E-state index is 13.3. The average Bonchev–Trinajstić information content (AvgIpc) is 2.94. The molecule has 2 aromatic rings. The van der Waals surface area contributed by atoms with E-state index in [4.69, 9.17) is 0 Å². The third kappa shape index (κ3) is 2.93. The quantitative estimate of drug-likeness (QED) is 0.730. The van der Waals surface area contributed by atoms with Crippen LogP contribution in [-0.2, 0) is 0 Å². The van der Waals surface area contributed by atoms with Gasteiger partial charge >= 0.3 is 11.4 Å². The van der Waals surface area contributed by atoms with Crippen molar-refractivity contribution < 1.29 is 0 Å². The highest BCUT2D eigenvalue weighted by Crippen LogP contribution is 2.46. The summed E-state index contributed by atoms with van der Waals surface area (Å²) in [5.41, 5.74) is 2.73. The molecule has 0 unspecified atom stereocenters. The van der Waals surface area contributed by atoms with Crippen molar-refractivity contribution in [1.29, 1.82) is 0 Å². The third-order valence-corrected chi connectivity index (χ3v) is 6.40. The smallest absolute Gasteiger partial charge is 0.245 e. The topological polar surface area (TPSA) is 48.9 Å². The Hall–Kier alpha value is -2.56. The van der Waals surface area contributed by atoms with E-state index in [1.807, 2.05) is 30.3 Å². The summed E-state index contributed by atoms with van der Waals surface area (Å²) in [5.74, 6) is 0.867. The number of aromatic nitrogens is 3. The average molecular weight is 380 g/mol. The van der Waals surface area contributed by atoms with Crippen LogP contribution in [0.5, 0.6) is 0 Å². The second kappa shape index (κ2) is 7.12. The Kier molecular flexibility index (Phi) is 4.77. The fourth-order valence-electron chi connectivity index (χ4n) is 4.87. The van der Waals surface area contributed by atoms with Gasteiger partial charge in [0.15, 0.2) is 0 Å². The standard InChI is InChI=1S/C23H29N3O2/c1-15(2)9-8-10-16(3)19-14-20-17(4)13-21(19)26-23(28)24(22(27)25(20)26)18-11-6-5-7-12-18/h5-7,9,11-13,16,19-21H,8,10,14H2,1-4H3/t16-,19+,20+,21+/m0/s1. The summed E-state index contributed by atoms with van der Waals surface area (Å²) in [6, 6.07) is 9.17. The van der Waals surface area contributed by atoms with Crippen molar-refractivity contribution in [2.75, 3.05) is 0 Å². The molecule has 5 heteroatoms. The minimum atomic E-state index is -0.228. The Labute approximate surface area is 165 Å². The SMILES string of the molecule is CC(C)=CCC[C@H](C)[C@H]1C[C@@H]2C(C)=C[C@H]1n1c(=O)n(-c3ccccc3)c(=O)n12. The Morgan fingerprint density at radius 3 is 2.50 bits per heavy atom. The van der Waals surface area contributed by atoms with Crippen molar-refractivity contribution >= 4 is 0 Å². The first-order chi connectivity index (χ1) is 13.4. The third-order valence-electron chi connectivity index (χ3n) is 6.40. The fraction of sp³-hybridized carbons (Fsp3) is 0.478. The van der Waals surface area contributed by atoms with Gasteiger partial charge in [-0.25, -0.2) is 23.5 Å². The molecule has 0 radical (unpaired) electrons. The van der Waals surface area contributed by atoms with E-state index < -0.39 is 0 Å². The largest absolute Gasteiger partial charge is 0.352 e. The Bertz CT molecular complexity index is 1050. The van der Waals surface area contributed by atoms with Crippen LogP contribution in [0.2, 0.25) is 0 Å². The van der Waals surface area contributed by atoms with Crippen LogP contribution in [0.25, 0.3) is 5.69 Å². The number of nitrogens with zero attached hydrogens (tertiary/aromatic N) is 3. The molecule has 1 aliphatic carbocycles. The molecule has 28 heavy (non-hydrogen) atoms. The van der Waals surface area contributed by atoms with Gasteiger partial charge in [0.2, 0.25) is 0 Å². The zero-order valence-corrected chi connectivity index (χ0v) is 17.1. The summed E-state index contributed by atoms with van der Waals surface area (Å²) in [6.45, 7) is 8.63. The van der Waals surface area contributed by atoms with E-state index >= 15 is 0 Å². The van der Waals surface area contributed by atoms with E-state index in [1.165, 1.54) is 15.7 Å². The number of benzene rings is 1. The molecular formula is C23H29N3O2. The van der Waals surface area contributed by atoms with Crippen LogP contribution in [0.4, 0.5) is 0 Å². The van der Waals surface area contributed by atoms with Crippen LogP contribution in [0.1, 0.15) is 59.0 Å². The van der Waals surface area contributed by atoms with E-state index in [0.29, 0.717) is 17.5 Å². The molecule has 2 bridgehead atoms. The molecule has 3 heterocycles. The van der Waals surface area contributed by atoms with Crippen LogP contribution in [0, 0.1) is 11.8 Å². The van der Waals surface area contributed by atoms with Gasteiger partial charge < -0.3 is 0 Å². The molecule has 0 saturated heterocycles. The molecule has 2 aliphatic heterocycles. The summed E-state index contributed by atoms with van der Waals surface area (Å²) in [7, 11) is 0. The van der Waals surface area contributed by atoms with E-state index in [0.717, 1.165) is 19.3 Å². The fourth-order valence-corrected chi connectivity index (χ4v) is 4.87. The second-order valence-corrected chi connectivity index (χ2v) is 8.58. The molecule has 148 valence electrons. The summed E-state index contributed by atoms with van der Waals surface area (Å²) in [5, 5.41) is 0. The molecule has 1 aromatic carbocycles. The Morgan fingerprint density at radius 1 is 1.14 bits per heavy atom. The first-order valence-electron chi connectivity index (χ1n) is 10.2. The second-order valence-electron chi connectivity index (χ2n) is 8.58. The lowest BCUT2D eigenvalue weighted by atomic mass is 9.73. The first kappa shape index (κ1) is 18.8. The van der Waals surface area contributed by atoms with Crippen LogP contribution < -0.4 is 11.4 Å². The maximum absolute atomic E-state index is 13.3. The van der Waals surface area contributed by atoms with E-state index in [1.54, 1.807) is 9.36 Å². The van der Waals surface area contributed by atoms with Gasteiger partial charge in [-0.15, -0.1) is 0 Å². The highest BCUT2D eigenvalue weighted by atomic mass is 16.2. The van der Waals surface area contributed by atoms with Gasteiger partial charge in [0.1, 0.15) is 0 Å². The van der Waals surface area contributed by atoms with Crippen molar-refractivity contribution in [2.24, 2.45) is 11.8 Å². The lowest BCUT2D eigenvalue weighted by Gasteiger charge is -2.44. The van der Waals surface area contributed by atoms with Gasteiger partial charge in [-0.05, 0) is 64.0 Å². The van der Waals surface area contributed by atoms with Gasteiger partial charge in [-0.3, -0.25) is 0 Å². The molecule has 4 atom stereocenters. The molecule has 3 aliphatic rings. The van der Waals surface area contributed by atoms with Gasteiger partial charge in [0.05, 0.1) is 17.8 Å². The predicted molar refractivity (Wildman–Crippen MR) is 112 cm³/mol. The van der Waals surface area contributed by atoms with Crippen LogP contribution >= 0.6 is 0 Å². The Morgan fingerprint density at radius 2 is 1.82 bits per heavy atom. The van der Waals surface area contributed by atoms with Crippen LogP contribution in [0.3, 0.4) is 0 Å². The van der Waals surface area contributed by atoms with Crippen molar-refractivity contribution in [1.82, 2.24) is 13.9 Å². The van der Waals surface area contributed by atoms with Gasteiger partial charge in [-0.1, -0.05) is 48.4 Å². The molecule has 0 N–H and O–H groups in total. The monoisotopic (exact) mass is 379 g/mol. The van der Waals surface area contributed by atoms with Crippen molar-refractivity contribution in [3.8, 4) is 5.69 Å². The summed E-state index contributed by atoms with van der Waals surface area (Å²) < 4.78 is 4.75. The van der Waals surface area contributed by atoms with Crippen LogP contribution in [-0.4, -0.2) is 13.9 Å². The normalized spacial score (nSPS) is 23.9. The number of allylic oxidation sites excluding steroid dienone is 4. The molecule has 0 spiro atoms. The highest BCUT2D eigenvalue weighted by molar-refractivity contribution is 5.31. The number of hydrogen-bond acceptors (Lipinski definition) is 2. The molecule has 5 rings (SSSR count). The number of rotatable bonds is 5. The zero-order valence-electron chi connectivity index (χ0n) is 17.1. The summed E-state index contributed by atoms with van der Waals surface area (Å²) in [4.78, 5) is 26.4.